The van der Waals surface area contributed by atoms with Crippen LogP contribution < -0.4 is 11.1 Å². The minimum absolute atomic E-state index is 0.145. The van der Waals surface area contributed by atoms with Crippen molar-refractivity contribution < 1.29 is 5.11 Å². The van der Waals surface area contributed by atoms with Gasteiger partial charge in [-0.25, -0.2) is 4.98 Å². The summed E-state index contributed by atoms with van der Waals surface area (Å²) in [7, 11) is 0. The van der Waals surface area contributed by atoms with Crippen molar-refractivity contribution in [3.63, 3.8) is 0 Å². The Balaban J connectivity index is 2.73. The lowest BCUT2D eigenvalue weighted by molar-refractivity contribution is 0.278. The van der Waals surface area contributed by atoms with Crippen LogP contribution in [0.4, 0.5) is 11.5 Å². The Hall–Kier alpha value is -1.00. The molecule has 0 fully saturated rings. The van der Waals surface area contributed by atoms with Crippen molar-refractivity contribution in [1.29, 1.82) is 0 Å². The Morgan fingerprint density at radius 2 is 2.33 bits per heavy atom. The van der Waals surface area contributed by atoms with Crippen LogP contribution in [0.15, 0.2) is 12.1 Å². The molecule has 0 aliphatic rings. The maximum absolute atomic E-state index is 8.85. The third kappa shape index (κ3) is 3.57. The van der Waals surface area contributed by atoms with Gasteiger partial charge in [0.05, 0.1) is 5.69 Å². The molecular formula is C10H16ClN3O. The van der Waals surface area contributed by atoms with E-state index in [1.807, 2.05) is 6.92 Å². The zero-order chi connectivity index (χ0) is 11.3. The number of nitrogen functional groups attached to an aromatic ring is 1. The molecule has 15 heavy (non-hydrogen) atoms. The van der Waals surface area contributed by atoms with E-state index in [1.165, 1.54) is 0 Å². The van der Waals surface area contributed by atoms with Gasteiger partial charge in [0.25, 0.3) is 0 Å². The number of halogens is 1. The smallest absolute Gasteiger partial charge is 0.151 e. The van der Waals surface area contributed by atoms with Gasteiger partial charge in [-0.2, -0.15) is 0 Å². The van der Waals surface area contributed by atoms with Crippen molar-refractivity contribution in [3.8, 4) is 0 Å². The van der Waals surface area contributed by atoms with Crippen molar-refractivity contribution in [2.24, 2.45) is 0 Å². The molecule has 0 amide bonds. The van der Waals surface area contributed by atoms with Gasteiger partial charge in [-0.15, -0.1) is 0 Å². The van der Waals surface area contributed by atoms with Crippen molar-refractivity contribution in [2.75, 3.05) is 17.7 Å². The highest BCUT2D eigenvalue weighted by molar-refractivity contribution is 6.29. The fraction of sp³-hybridized carbons (Fsp3) is 0.500. The molecule has 0 aliphatic carbocycles. The number of aromatic nitrogens is 1. The summed E-state index contributed by atoms with van der Waals surface area (Å²) in [5.41, 5.74) is 6.31. The van der Waals surface area contributed by atoms with Crippen LogP contribution in [0.5, 0.6) is 0 Å². The summed E-state index contributed by atoms with van der Waals surface area (Å²) in [6, 6.07) is 3.53. The third-order valence-electron chi connectivity index (χ3n) is 2.20. The van der Waals surface area contributed by atoms with Crippen molar-refractivity contribution in [2.45, 2.75) is 25.8 Å². The second kappa shape index (κ2) is 5.78. The van der Waals surface area contributed by atoms with Crippen LogP contribution in [0, 0.1) is 0 Å². The zero-order valence-corrected chi connectivity index (χ0v) is 9.46. The molecule has 0 radical (unpaired) electrons. The van der Waals surface area contributed by atoms with Crippen LogP contribution in [-0.2, 0) is 0 Å². The van der Waals surface area contributed by atoms with Crippen LogP contribution in [0.1, 0.15) is 19.8 Å². The average molecular weight is 230 g/mol. The van der Waals surface area contributed by atoms with Gasteiger partial charge in [-0.1, -0.05) is 18.5 Å². The van der Waals surface area contributed by atoms with E-state index in [9.17, 15) is 0 Å². The van der Waals surface area contributed by atoms with Gasteiger partial charge in [0.15, 0.2) is 5.82 Å². The van der Waals surface area contributed by atoms with Crippen molar-refractivity contribution in [3.05, 3.63) is 17.3 Å². The standard InChI is InChI=1S/C10H16ClN3O/c1-2-7(5-6-15)13-10-8(12)3-4-9(11)14-10/h3-4,7,15H,2,5-6,12H2,1H3,(H,13,14). The molecule has 5 heteroatoms. The number of nitrogens with two attached hydrogens (primary N) is 1. The summed E-state index contributed by atoms with van der Waals surface area (Å²) in [5, 5.41) is 12.4. The first-order chi connectivity index (χ1) is 7.17. The third-order valence-corrected chi connectivity index (χ3v) is 2.41. The summed E-state index contributed by atoms with van der Waals surface area (Å²) >= 11 is 5.76. The molecule has 0 saturated carbocycles. The van der Waals surface area contributed by atoms with Crippen LogP contribution in [-0.4, -0.2) is 22.7 Å². The first-order valence-electron chi connectivity index (χ1n) is 4.96. The van der Waals surface area contributed by atoms with Crippen LogP contribution in [0.3, 0.4) is 0 Å². The van der Waals surface area contributed by atoms with Gasteiger partial charge in [0, 0.05) is 12.6 Å². The van der Waals surface area contributed by atoms with Crippen molar-refractivity contribution >= 4 is 23.1 Å². The molecule has 84 valence electrons. The lowest BCUT2D eigenvalue weighted by atomic mass is 10.1. The molecule has 4 nitrogen and oxygen atoms in total. The Bertz CT molecular complexity index is 320. The number of hydrogen-bond donors (Lipinski definition) is 3. The minimum atomic E-state index is 0.145. The van der Waals surface area contributed by atoms with Crippen molar-refractivity contribution in [1.82, 2.24) is 4.98 Å². The number of aliphatic hydroxyl groups excluding tert-OH is 1. The number of anilines is 2. The van der Waals surface area contributed by atoms with Gasteiger partial charge >= 0.3 is 0 Å². The Labute approximate surface area is 94.5 Å². The molecule has 0 aliphatic heterocycles. The molecular weight excluding hydrogens is 214 g/mol. The molecule has 0 aromatic carbocycles. The molecule has 1 aromatic rings. The quantitative estimate of drug-likeness (QED) is 0.675. The zero-order valence-electron chi connectivity index (χ0n) is 8.70. The van der Waals surface area contributed by atoms with Gasteiger partial charge < -0.3 is 16.2 Å². The van der Waals surface area contributed by atoms with Gasteiger partial charge in [0.1, 0.15) is 5.15 Å². The number of nitrogens with zero attached hydrogens (tertiary/aromatic N) is 1. The highest BCUT2D eigenvalue weighted by Crippen LogP contribution is 2.20. The molecule has 0 spiro atoms. The van der Waals surface area contributed by atoms with Crippen LogP contribution >= 0.6 is 11.6 Å². The van der Waals surface area contributed by atoms with E-state index in [0.29, 0.717) is 23.1 Å². The lowest BCUT2D eigenvalue weighted by Gasteiger charge is -2.17. The molecule has 0 saturated heterocycles. The largest absolute Gasteiger partial charge is 0.396 e. The summed E-state index contributed by atoms with van der Waals surface area (Å²) in [6.45, 7) is 2.18. The SMILES string of the molecule is CCC(CCO)Nc1nc(Cl)ccc1N. The molecule has 1 unspecified atom stereocenters. The maximum atomic E-state index is 8.85. The second-order valence-electron chi connectivity index (χ2n) is 3.33. The molecule has 4 N–H and O–H groups in total. The molecule has 1 atom stereocenters. The average Bonchev–Trinajstić information content (AvgIpc) is 2.22. The van der Waals surface area contributed by atoms with Gasteiger partial charge in [-0.3, -0.25) is 0 Å². The number of nitrogens with one attached hydrogen (secondary N) is 1. The number of pyridine rings is 1. The minimum Gasteiger partial charge on any atom is -0.396 e. The van der Waals surface area contributed by atoms with Gasteiger partial charge in [0.2, 0.25) is 0 Å². The fourth-order valence-electron chi connectivity index (χ4n) is 1.29. The predicted molar refractivity (Wildman–Crippen MR) is 63.1 cm³/mol. The monoisotopic (exact) mass is 229 g/mol. The number of hydrogen-bond acceptors (Lipinski definition) is 4. The highest BCUT2D eigenvalue weighted by Gasteiger charge is 2.08. The topological polar surface area (TPSA) is 71.2 Å². The number of rotatable bonds is 5. The highest BCUT2D eigenvalue weighted by atomic mass is 35.5. The summed E-state index contributed by atoms with van der Waals surface area (Å²) < 4.78 is 0. The molecule has 1 heterocycles. The van der Waals surface area contributed by atoms with E-state index < -0.39 is 0 Å². The molecule has 1 aromatic heterocycles. The Morgan fingerprint density at radius 1 is 1.60 bits per heavy atom. The summed E-state index contributed by atoms with van der Waals surface area (Å²) in [4.78, 5) is 4.09. The van der Waals surface area contributed by atoms with E-state index in [4.69, 9.17) is 22.4 Å². The van der Waals surface area contributed by atoms with Crippen LogP contribution in [0.25, 0.3) is 0 Å². The predicted octanol–water partition coefficient (Wildman–Crippen LogP) is 1.89. The maximum Gasteiger partial charge on any atom is 0.151 e. The summed E-state index contributed by atoms with van der Waals surface area (Å²) in [6.07, 6.45) is 1.57. The number of aliphatic hydroxyl groups is 1. The molecule has 1 rings (SSSR count). The first kappa shape index (κ1) is 12.1. The fourth-order valence-corrected chi connectivity index (χ4v) is 1.44. The van der Waals surface area contributed by atoms with E-state index >= 15 is 0 Å². The van der Waals surface area contributed by atoms with E-state index in [-0.39, 0.29) is 12.6 Å². The van der Waals surface area contributed by atoms with Gasteiger partial charge in [-0.05, 0) is 25.0 Å². The summed E-state index contributed by atoms with van der Waals surface area (Å²) in [5.74, 6) is 0.586. The molecule has 0 bridgehead atoms. The second-order valence-corrected chi connectivity index (χ2v) is 3.72. The Kier molecular flexibility index (Phi) is 4.65. The Morgan fingerprint density at radius 3 is 2.93 bits per heavy atom. The first-order valence-corrected chi connectivity index (χ1v) is 5.34. The van der Waals surface area contributed by atoms with E-state index in [0.717, 1.165) is 6.42 Å². The lowest BCUT2D eigenvalue weighted by Crippen LogP contribution is -2.21. The normalized spacial score (nSPS) is 12.5. The van der Waals surface area contributed by atoms with E-state index in [2.05, 4.69) is 10.3 Å². The van der Waals surface area contributed by atoms with E-state index in [1.54, 1.807) is 12.1 Å². The van der Waals surface area contributed by atoms with Crippen LogP contribution in [0.2, 0.25) is 5.15 Å².